The highest BCUT2D eigenvalue weighted by molar-refractivity contribution is 5.94. The molecule has 5 nitrogen and oxygen atoms in total. The summed E-state index contributed by atoms with van der Waals surface area (Å²) in [6.07, 6.45) is 10.3. The molecule has 3 atom stereocenters. The van der Waals surface area contributed by atoms with Gasteiger partial charge < -0.3 is 10.6 Å². The van der Waals surface area contributed by atoms with Gasteiger partial charge in [0, 0.05) is 30.1 Å². The Morgan fingerprint density at radius 2 is 1.65 bits per heavy atom. The number of carbonyl (C=O) groups excluding carboxylic acids is 2. The number of primary amides is 1. The van der Waals surface area contributed by atoms with Gasteiger partial charge in [-0.1, -0.05) is 81.1 Å². The van der Waals surface area contributed by atoms with Crippen LogP contribution in [0.3, 0.4) is 0 Å². The van der Waals surface area contributed by atoms with Crippen LogP contribution in [0.15, 0.2) is 54.6 Å². The van der Waals surface area contributed by atoms with Gasteiger partial charge in [-0.25, -0.2) is 0 Å². The van der Waals surface area contributed by atoms with Gasteiger partial charge in [0.1, 0.15) is 0 Å². The lowest BCUT2D eigenvalue weighted by atomic mass is 9.73. The molecule has 2 amide bonds. The summed E-state index contributed by atoms with van der Waals surface area (Å²) in [5, 5.41) is 0. The maximum absolute atomic E-state index is 14.0. The van der Waals surface area contributed by atoms with Crippen molar-refractivity contribution in [1.82, 2.24) is 9.80 Å². The molecule has 200 valence electrons. The molecule has 2 fully saturated rings. The summed E-state index contributed by atoms with van der Waals surface area (Å²) in [5.41, 5.74) is 8.33. The third-order valence-corrected chi connectivity index (χ3v) is 9.26. The number of carbonyl (C=O) groups is 2. The van der Waals surface area contributed by atoms with E-state index in [1.54, 1.807) is 6.07 Å². The molecule has 2 aromatic rings. The van der Waals surface area contributed by atoms with E-state index < -0.39 is 5.91 Å². The van der Waals surface area contributed by atoms with Crippen LogP contribution in [0.5, 0.6) is 0 Å². The monoisotopic (exact) mass is 503 g/mol. The number of hydrogen-bond donors (Lipinski definition) is 1. The highest BCUT2D eigenvalue weighted by atomic mass is 16.2. The quantitative estimate of drug-likeness (QED) is 0.506. The topological polar surface area (TPSA) is 66.6 Å². The van der Waals surface area contributed by atoms with Crippen LogP contribution in [0.1, 0.15) is 86.2 Å². The van der Waals surface area contributed by atoms with Crippen LogP contribution < -0.4 is 5.73 Å². The van der Waals surface area contributed by atoms with Crippen LogP contribution >= 0.6 is 0 Å². The predicted octanol–water partition coefficient (Wildman–Crippen LogP) is 5.98. The highest BCUT2D eigenvalue weighted by Gasteiger charge is 2.37. The number of amides is 2. The number of hydrogen-bond acceptors (Lipinski definition) is 3. The van der Waals surface area contributed by atoms with Crippen molar-refractivity contribution in [1.29, 1.82) is 0 Å². The molecule has 0 bridgehead atoms. The van der Waals surface area contributed by atoms with Gasteiger partial charge in [-0.2, -0.15) is 0 Å². The molecular weight excluding hydrogens is 458 g/mol. The first kappa shape index (κ1) is 27.4. The van der Waals surface area contributed by atoms with Crippen LogP contribution in [0.2, 0.25) is 0 Å². The first-order chi connectivity index (χ1) is 17.8. The molecule has 1 heterocycles. The second-order valence-corrected chi connectivity index (χ2v) is 11.7. The van der Waals surface area contributed by atoms with E-state index >= 15 is 0 Å². The zero-order chi connectivity index (χ0) is 26.4. The Balaban J connectivity index is 1.66. The number of nitrogens with two attached hydrogens (primary N) is 1. The van der Waals surface area contributed by atoms with Crippen molar-refractivity contribution in [2.75, 3.05) is 20.6 Å². The second-order valence-electron chi connectivity index (χ2n) is 11.7. The average Bonchev–Trinajstić information content (AvgIpc) is 2.89. The Labute approximate surface area is 223 Å². The van der Waals surface area contributed by atoms with Crippen molar-refractivity contribution < 1.29 is 9.59 Å². The first-order valence-electron chi connectivity index (χ1n) is 14.2. The molecule has 37 heavy (non-hydrogen) atoms. The van der Waals surface area contributed by atoms with E-state index in [1.807, 2.05) is 23.1 Å². The molecule has 4 rings (SSSR count). The minimum atomic E-state index is -0.437. The van der Waals surface area contributed by atoms with Crippen molar-refractivity contribution in [2.45, 2.75) is 76.8 Å². The standard InChI is InChI=1S/C32H45N3O2/c1-24-26(22-25-12-9-13-25)15-10-19-32(34(2)3,28-16-5-4-6-17-28)20-11-21-35(31(24)37)23-27-14-7-8-18-29(27)30(33)36/h4-8,14,16-18,24-26H,9-13,15,19-23H2,1-3H3,(H2,33,36)/t24?,26?,32-/m1/s1. The smallest absolute Gasteiger partial charge is 0.249 e. The zero-order valence-electron chi connectivity index (χ0n) is 23.0. The van der Waals surface area contributed by atoms with Gasteiger partial charge in [-0.3, -0.25) is 14.5 Å². The zero-order valence-corrected chi connectivity index (χ0v) is 23.0. The van der Waals surface area contributed by atoms with Gasteiger partial charge in [-0.15, -0.1) is 0 Å². The largest absolute Gasteiger partial charge is 0.366 e. The molecule has 2 unspecified atom stereocenters. The summed E-state index contributed by atoms with van der Waals surface area (Å²) in [5.74, 6) is 0.917. The van der Waals surface area contributed by atoms with E-state index in [0.29, 0.717) is 24.6 Å². The molecule has 1 saturated carbocycles. The molecule has 0 spiro atoms. The summed E-state index contributed by atoms with van der Waals surface area (Å²) >= 11 is 0. The highest BCUT2D eigenvalue weighted by Crippen LogP contribution is 2.41. The lowest BCUT2D eigenvalue weighted by Gasteiger charge is -2.41. The number of benzene rings is 2. The van der Waals surface area contributed by atoms with Crippen LogP contribution in [-0.4, -0.2) is 42.3 Å². The van der Waals surface area contributed by atoms with Crippen molar-refractivity contribution >= 4 is 11.8 Å². The van der Waals surface area contributed by atoms with Crippen LogP contribution in [0, 0.1) is 17.8 Å². The van der Waals surface area contributed by atoms with E-state index in [-0.39, 0.29) is 17.4 Å². The van der Waals surface area contributed by atoms with Gasteiger partial charge in [0.05, 0.1) is 0 Å². The van der Waals surface area contributed by atoms with E-state index in [9.17, 15) is 9.59 Å². The summed E-state index contributed by atoms with van der Waals surface area (Å²) in [6, 6.07) is 18.4. The Morgan fingerprint density at radius 3 is 2.30 bits per heavy atom. The molecule has 1 aliphatic carbocycles. The van der Waals surface area contributed by atoms with Crippen LogP contribution in [0.4, 0.5) is 0 Å². The normalized spacial score (nSPS) is 25.9. The molecule has 2 aliphatic rings. The van der Waals surface area contributed by atoms with Gasteiger partial charge in [0.2, 0.25) is 11.8 Å². The molecule has 5 heteroatoms. The lowest BCUT2D eigenvalue weighted by Crippen LogP contribution is -2.42. The molecule has 1 saturated heterocycles. The summed E-state index contributed by atoms with van der Waals surface area (Å²) in [4.78, 5) is 30.6. The Kier molecular flexibility index (Phi) is 9.07. The van der Waals surface area contributed by atoms with Gasteiger partial charge >= 0.3 is 0 Å². The molecular formula is C32H45N3O2. The molecule has 0 radical (unpaired) electrons. The molecule has 1 aliphatic heterocycles. The SMILES string of the molecule is CC1C(=O)N(Cc2ccccc2C(N)=O)CCC[C@](c2ccccc2)(N(C)C)CCCC1CC1CCC1. The fourth-order valence-electron chi connectivity index (χ4n) is 6.68. The third-order valence-electron chi connectivity index (χ3n) is 9.26. The summed E-state index contributed by atoms with van der Waals surface area (Å²) < 4.78 is 0. The average molecular weight is 504 g/mol. The van der Waals surface area contributed by atoms with Gasteiger partial charge in [0.15, 0.2) is 0 Å². The fourth-order valence-corrected chi connectivity index (χ4v) is 6.68. The predicted molar refractivity (Wildman–Crippen MR) is 150 cm³/mol. The minimum absolute atomic E-state index is 0.0232. The summed E-state index contributed by atoms with van der Waals surface area (Å²) in [6.45, 7) is 3.25. The van der Waals surface area contributed by atoms with Crippen molar-refractivity contribution in [3.63, 3.8) is 0 Å². The summed E-state index contributed by atoms with van der Waals surface area (Å²) in [7, 11) is 4.40. The maximum atomic E-state index is 14.0. The lowest BCUT2D eigenvalue weighted by molar-refractivity contribution is -0.138. The van der Waals surface area contributed by atoms with E-state index in [2.05, 4.69) is 56.3 Å². The number of nitrogens with zero attached hydrogens (tertiary/aromatic N) is 2. The van der Waals surface area contributed by atoms with Crippen molar-refractivity contribution in [3.05, 3.63) is 71.3 Å². The van der Waals surface area contributed by atoms with Crippen molar-refractivity contribution in [3.8, 4) is 0 Å². The second kappa shape index (κ2) is 12.3. The van der Waals surface area contributed by atoms with E-state index in [1.165, 1.54) is 24.8 Å². The molecule has 2 N–H and O–H groups in total. The fraction of sp³-hybridized carbons (Fsp3) is 0.562. The van der Waals surface area contributed by atoms with E-state index in [0.717, 1.165) is 50.0 Å². The Bertz CT molecular complexity index is 1050. The van der Waals surface area contributed by atoms with Crippen LogP contribution in [-0.2, 0) is 16.9 Å². The first-order valence-corrected chi connectivity index (χ1v) is 14.2. The Morgan fingerprint density at radius 1 is 0.973 bits per heavy atom. The van der Waals surface area contributed by atoms with Gasteiger partial charge in [-0.05, 0) is 75.2 Å². The number of rotatable bonds is 7. The third kappa shape index (κ3) is 6.26. The molecule has 0 aromatic heterocycles. The Hall–Kier alpha value is -2.66. The maximum Gasteiger partial charge on any atom is 0.249 e. The van der Waals surface area contributed by atoms with Gasteiger partial charge in [0.25, 0.3) is 0 Å². The van der Waals surface area contributed by atoms with Crippen molar-refractivity contribution in [2.24, 2.45) is 23.5 Å². The minimum Gasteiger partial charge on any atom is -0.366 e. The van der Waals surface area contributed by atoms with Crippen LogP contribution in [0.25, 0.3) is 0 Å². The molecule has 2 aromatic carbocycles. The van der Waals surface area contributed by atoms with E-state index in [4.69, 9.17) is 5.73 Å².